The third-order valence-electron chi connectivity index (χ3n) is 10.8. The van der Waals surface area contributed by atoms with Crippen molar-refractivity contribution in [1.29, 1.82) is 0 Å². The number of rotatable bonds is 9. The number of aromatic nitrogens is 1. The zero-order valence-electron chi connectivity index (χ0n) is 29.3. The summed E-state index contributed by atoms with van der Waals surface area (Å²) in [6.07, 6.45) is 5.32. The van der Waals surface area contributed by atoms with Crippen LogP contribution in [0.2, 0.25) is 0 Å². The number of morpholine rings is 1. The molecule has 10 nitrogen and oxygen atoms in total. The van der Waals surface area contributed by atoms with Gasteiger partial charge in [-0.25, -0.2) is 0 Å². The van der Waals surface area contributed by atoms with Gasteiger partial charge in [0.2, 0.25) is 6.79 Å². The maximum atomic E-state index is 15.1. The fourth-order valence-electron chi connectivity index (χ4n) is 8.08. The van der Waals surface area contributed by atoms with Crippen LogP contribution in [0.25, 0.3) is 11.3 Å². The third-order valence-corrected chi connectivity index (χ3v) is 10.8. The van der Waals surface area contributed by atoms with Gasteiger partial charge in [-0.3, -0.25) is 14.5 Å². The Hall–Kier alpha value is -4.80. The van der Waals surface area contributed by atoms with Crippen LogP contribution in [0, 0.1) is 0 Å². The van der Waals surface area contributed by atoms with Gasteiger partial charge in [-0.1, -0.05) is 37.6 Å². The lowest BCUT2D eigenvalue weighted by molar-refractivity contribution is 0.0193. The van der Waals surface area contributed by atoms with E-state index < -0.39 is 0 Å². The lowest BCUT2D eigenvalue weighted by Crippen LogP contribution is -2.52. The van der Waals surface area contributed by atoms with Crippen molar-refractivity contribution in [2.45, 2.75) is 64.6 Å². The molecule has 0 aliphatic carbocycles. The fourth-order valence-corrected chi connectivity index (χ4v) is 8.08. The second-order valence-corrected chi connectivity index (χ2v) is 14.0. The van der Waals surface area contributed by atoms with Crippen molar-refractivity contribution in [3.63, 3.8) is 0 Å². The summed E-state index contributed by atoms with van der Waals surface area (Å²) in [6, 6.07) is 21.0. The molecule has 8 rings (SSSR count). The summed E-state index contributed by atoms with van der Waals surface area (Å²) in [7, 11) is 0. The Kier molecular flexibility index (Phi) is 9.44. The molecule has 10 heteroatoms. The first-order valence-electron chi connectivity index (χ1n) is 18.4. The Bertz CT molecular complexity index is 1910. The molecular formula is C41H46N4O6. The highest BCUT2D eigenvalue weighted by atomic mass is 16.7. The number of ether oxygens (including phenoxy) is 3. The molecule has 0 bridgehead atoms. The predicted octanol–water partition coefficient (Wildman–Crippen LogP) is 6.27. The third kappa shape index (κ3) is 6.58. The first-order chi connectivity index (χ1) is 25.0. The number of unbranched alkanes of at least 4 members (excludes halogenated alkanes) is 1. The van der Waals surface area contributed by atoms with E-state index in [0.717, 1.165) is 87.3 Å². The molecule has 1 atom stereocenters. The summed E-state index contributed by atoms with van der Waals surface area (Å²) in [6.45, 7) is 7.92. The van der Waals surface area contributed by atoms with Crippen LogP contribution in [-0.2, 0) is 30.7 Å². The molecule has 0 saturated carbocycles. The lowest BCUT2D eigenvalue weighted by atomic mass is 9.92. The number of amides is 2. The Labute approximate surface area is 299 Å². The lowest BCUT2D eigenvalue weighted by Gasteiger charge is -2.40. The largest absolute Gasteiger partial charge is 0.508 e. The van der Waals surface area contributed by atoms with Gasteiger partial charge in [-0.05, 0) is 85.7 Å². The van der Waals surface area contributed by atoms with Crippen molar-refractivity contribution >= 4 is 17.5 Å². The van der Waals surface area contributed by atoms with Crippen LogP contribution in [-0.4, -0.2) is 83.5 Å². The predicted molar refractivity (Wildman–Crippen MR) is 195 cm³/mol. The minimum Gasteiger partial charge on any atom is -0.508 e. The summed E-state index contributed by atoms with van der Waals surface area (Å²) >= 11 is 0. The second-order valence-electron chi connectivity index (χ2n) is 14.0. The van der Waals surface area contributed by atoms with Crippen molar-refractivity contribution in [3.8, 4) is 28.5 Å². The van der Waals surface area contributed by atoms with Gasteiger partial charge in [-0.2, -0.15) is 0 Å². The van der Waals surface area contributed by atoms with Crippen molar-refractivity contribution in [2.75, 3.05) is 51.1 Å². The van der Waals surface area contributed by atoms with E-state index in [9.17, 15) is 9.90 Å². The van der Waals surface area contributed by atoms with E-state index in [1.54, 1.807) is 24.3 Å². The minimum absolute atomic E-state index is 0.0143. The highest BCUT2D eigenvalue weighted by Gasteiger charge is 2.36. The van der Waals surface area contributed by atoms with Crippen LogP contribution in [0.15, 0.2) is 66.7 Å². The van der Waals surface area contributed by atoms with Gasteiger partial charge < -0.3 is 33.7 Å². The molecule has 1 saturated heterocycles. The highest BCUT2D eigenvalue weighted by molar-refractivity contribution is 6.09. The van der Waals surface area contributed by atoms with Crippen molar-refractivity contribution < 1.29 is 28.9 Å². The van der Waals surface area contributed by atoms with Crippen molar-refractivity contribution in [3.05, 3.63) is 94.7 Å². The molecule has 0 unspecified atom stereocenters. The van der Waals surface area contributed by atoms with Gasteiger partial charge in [0.1, 0.15) is 5.75 Å². The Morgan fingerprint density at radius 2 is 1.67 bits per heavy atom. The number of phenols is 1. The first-order valence-corrected chi connectivity index (χ1v) is 18.4. The van der Waals surface area contributed by atoms with E-state index in [2.05, 4.69) is 34.6 Å². The molecular weight excluding hydrogens is 644 g/mol. The van der Waals surface area contributed by atoms with Crippen LogP contribution in [0.4, 0.5) is 5.69 Å². The number of hydrogen-bond donors (Lipinski definition) is 1. The van der Waals surface area contributed by atoms with Gasteiger partial charge in [0, 0.05) is 67.9 Å². The molecule has 266 valence electrons. The number of carbonyl (C=O) groups is 2. The van der Waals surface area contributed by atoms with E-state index in [0.29, 0.717) is 48.9 Å². The average molecular weight is 691 g/mol. The van der Waals surface area contributed by atoms with Crippen LogP contribution >= 0.6 is 0 Å². The van der Waals surface area contributed by atoms with E-state index in [-0.39, 0.29) is 30.4 Å². The average Bonchev–Trinajstić information content (AvgIpc) is 3.79. The molecule has 3 aromatic carbocycles. The Morgan fingerprint density at radius 1 is 0.902 bits per heavy atom. The Balaban J connectivity index is 1.21. The number of phenolic OH excluding ortho intramolecular Hbond substituents is 1. The standard InChI is InChI=1S/C41H46N4O6/c1-2-3-15-43(30-11-13-32(46)14-12-30)41(48)35-22-37(44-16-7-6-10-36(35)44)33-23-38-39(51-27-50-38)24-34(33)40(47)45-25-29-9-5-4-8-28(29)21-31(45)26-42-17-19-49-20-18-42/h4-5,8-9,11-14,22-24,31,46H,2-3,6-7,10,15-21,25-27H2,1H3/t31-/m0/s1. The van der Waals surface area contributed by atoms with Gasteiger partial charge in [0.15, 0.2) is 11.5 Å². The van der Waals surface area contributed by atoms with Crippen molar-refractivity contribution in [1.82, 2.24) is 14.4 Å². The molecule has 51 heavy (non-hydrogen) atoms. The van der Waals surface area contributed by atoms with E-state index in [4.69, 9.17) is 14.2 Å². The maximum absolute atomic E-state index is 15.1. The minimum atomic E-state index is -0.0714. The topological polar surface area (TPSA) is 96.7 Å². The normalized spacial score (nSPS) is 18.3. The number of benzene rings is 3. The summed E-state index contributed by atoms with van der Waals surface area (Å²) in [5, 5.41) is 9.97. The summed E-state index contributed by atoms with van der Waals surface area (Å²) in [5.41, 5.74) is 7.00. The van der Waals surface area contributed by atoms with Crippen LogP contribution in [0.5, 0.6) is 17.2 Å². The highest BCUT2D eigenvalue weighted by Crippen LogP contribution is 2.42. The number of anilines is 1. The molecule has 0 spiro atoms. The molecule has 1 aromatic heterocycles. The number of aromatic hydroxyl groups is 1. The van der Waals surface area contributed by atoms with E-state index in [1.165, 1.54) is 11.1 Å². The molecule has 2 amide bonds. The first kappa shape index (κ1) is 33.3. The van der Waals surface area contributed by atoms with Crippen molar-refractivity contribution in [2.24, 2.45) is 0 Å². The second kappa shape index (κ2) is 14.4. The molecule has 4 aromatic rings. The number of hydrogen-bond acceptors (Lipinski definition) is 7. The van der Waals surface area contributed by atoms with Crippen LogP contribution in [0.3, 0.4) is 0 Å². The summed E-state index contributed by atoms with van der Waals surface area (Å²) < 4.78 is 19.6. The van der Waals surface area contributed by atoms with Crippen LogP contribution < -0.4 is 14.4 Å². The van der Waals surface area contributed by atoms with Gasteiger partial charge in [0.25, 0.3) is 11.8 Å². The molecule has 5 heterocycles. The smallest absolute Gasteiger partial charge is 0.260 e. The van der Waals surface area contributed by atoms with Crippen LogP contribution in [0.1, 0.15) is 70.1 Å². The monoisotopic (exact) mass is 690 g/mol. The van der Waals surface area contributed by atoms with E-state index in [1.807, 2.05) is 34.1 Å². The summed E-state index contributed by atoms with van der Waals surface area (Å²) in [4.78, 5) is 35.9. The van der Waals surface area contributed by atoms with Gasteiger partial charge in [-0.15, -0.1) is 0 Å². The number of nitrogens with zero attached hydrogens (tertiary/aromatic N) is 4. The Morgan fingerprint density at radius 3 is 2.45 bits per heavy atom. The van der Waals surface area contributed by atoms with E-state index >= 15 is 4.79 Å². The number of fused-ring (bicyclic) bond motifs is 3. The van der Waals surface area contributed by atoms with Gasteiger partial charge in [0.05, 0.1) is 24.3 Å². The summed E-state index contributed by atoms with van der Waals surface area (Å²) in [5.74, 6) is 1.20. The number of carbonyl (C=O) groups excluding carboxylic acids is 2. The SMILES string of the molecule is CCCCN(C(=O)c1cc(-c2cc3c(cc2C(=O)N2Cc4ccccc4C[C@H]2CN2CCOCC2)OCO3)n2c1CCCC2)c1ccc(O)cc1. The maximum Gasteiger partial charge on any atom is 0.260 e. The molecule has 1 fully saturated rings. The molecule has 1 N–H and O–H groups in total. The fraction of sp³-hybridized carbons (Fsp3) is 0.415. The van der Waals surface area contributed by atoms with Gasteiger partial charge >= 0.3 is 0 Å². The molecule has 0 radical (unpaired) electrons. The quantitative estimate of drug-likeness (QED) is 0.221. The zero-order chi connectivity index (χ0) is 34.9. The molecule has 4 aliphatic heterocycles. The molecule has 4 aliphatic rings. The zero-order valence-corrected chi connectivity index (χ0v) is 29.3.